The van der Waals surface area contributed by atoms with Gasteiger partial charge in [-0.05, 0) is 12.8 Å². The Hall–Kier alpha value is -1.92. The number of nitrogens with zero attached hydrogens (tertiary/aromatic N) is 2. The van der Waals surface area contributed by atoms with E-state index in [1.807, 2.05) is 6.92 Å². The maximum Gasteiger partial charge on any atom is 0.311 e. The van der Waals surface area contributed by atoms with Crippen molar-refractivity contribution in [3.63, 3.8) is 0 Å². The third-order valence-corrected chi connectivity index (χ3v) is 3.92. The van der Waals surface area contributed by atoms with Crippen LogP contribution in [0.15, 0.2) is 0 Å². The lowest BCUT2D eigenvalue weighted by atomic mass is 9.74. The highest BCUT2D eigenvalue weighted by atomic mass is 16.4. The topological polar surface area (TPSA) is 108 Å². The van der Waals surface area contributed by atoms with E-state index >= 15 is 0 Å². The standard InChI is InChI=1S/C13H20N4O3/c1-2-9-15-10(17-16-9)11(18)14-8-13(12(19)20)6-4-3-5-7-13/h2-8H2,1H3,(H,14,18)(H,19,20)(H,15,16,17). The average Bonchev–Trinajstić information content (AvgIpc) is 2.94. The van der Waals surface area contributed by atoms with E-state index in [-0.39, 0.29) is 12.4 Å². The minimum Gasteiger partial charge on any atom is -0.481 e. The van der Waals surface area contributed by atoms with Crippen molar-refractivity contribution in [2.75, 3.05) is 6.54 Å². The number of amides is 1. The molecule has 0 aromatic carbocycles. The Labute approximate surface area is 117 Å². The SMILES string of the molecule is CCc1nc(C(=O)NCC2(C(=O)O)CCCCC2)n[nH]1. The molecule has 1 aliphatic carbocycles. The summed E-state index contributed by atoms with van der Waals surface area (Å²) in [6, 6.07) is 0. The van der Waals surface area contributed by atoms with Gasteiger partial charge in [-0.2, -0.15) is 0 Å². The molecule has 0 bridgehead atoms. The van der Waals surface area contributed by atoms with Gasteiger partial charge in [0.2, 0.25) is 5.82 Å². The molecule has 1 saturated carbocycles. The van der Waals surface area contributed by atoms with E-state index < -0.39 is 17.3 Å². The van der Waals surface area contributed by atoms with Crippen molar-refractivity contribution in [1.82, 2.24) is 20.5 Å². The van der Waals surface area contributed by atoms with Crippen LogP contribution in [0.2, 0.25) is 0 Å². The highest BCUT2D eigenvalue weighted by Gasteiger charge is 2.40. The molecule has 110 valence electrons. The molecular formula is C13H20N4O3. The minimum atomic E-state index is -0.836. The third-order valence-electron chi connectivity index (χ3n) is 3.92. The highest BCUT2D eigenvalue weighted by molar-refractivity contribution is 5.90. The first-order valence-electron chi connectivity index (χ1n) is 7.00. The lowest BCUT2D eigenvalue weighted by molar-refractivity contribution is -0.150. The number of hydrogen-bond acceptors (Lipinski definition) is 4. The van der Waals surface area contributed by atoms with Gasteiger partial charge < -0.3 is 10.4 Å². The molecule has 0 radical (unpaired) electrons. The van der Waals surface area contributed by atoms with Crippen molar-refractivity contribution in [3.8, 4) is 0 Å². The fourth-order valence-corrected chi connectivity index (χ4v) is 2.58. The zero-order chi connectivity index (χ0) is 14.6. The predicted molar refractivity (Wildman–Crippen MR) is 71.2 cm³/mol. The molecule has 7 nitrogen and oxygen atoms in total. The number of carboxylic acids is 1. The van der Waals surface area contributed by atoms with Gasteiger partial charge in [0.25, 0.3) is 5.91 Å². The van der Waals surface area contributed by atoms with E-state index in [1.165, 1.54) is 0 Å². The van der Waals surface area contributed by atoms with Crippen LogP contribution in [0.25, 0.3) is 0 Å². The summed E-state index contributed by atoms with van der Waals surface area (Å²) in [6.45, 7) is 2.04. The van der Waals surface area contributed by atoms with Crippen molar-refractivity contribution >= 4 is 11.9 Å². The molecule has 0 atom stereocenters. The zero-order valence-electron chi connectivity index (χ0n) is 11.6. The van der Waals surface area contributed by atoms with Crippen molar-refractivity contribution in [1.29, 1.82) is 0 Å². The predicted octanol–water partition coefficient (Wildman–Crippen LogP) is 1.13. The second-order valence-corrected chi connectivity index (χ2v) is 5.29. The summed E-state index contributed by atoms with van der Waals surface area (Å²) in [5.41, 5.74) is -0.836. The number of hydrogen-bond donors (Lipinski definition) is 3. The molecule has 0 spiro atoms. The quantitative estimate of drug-likeness (QED) is 0.749. The monoisotopic (exact) mass is 280 g/mol. The van der Waals surface area contributed by atoms with Crippen LogP contribution in [0, 0.1) is 5.41 Å². The first-order chi connectivity index (χ1) is 9.57. The number of aromatic nitrogens is 3. The average molecular weight is 280 g/mol. The molecule has 7 heteroatoms. The Morgan fingerprint density at radius 1 is 1.35 bits per heavy atom. The number of carbonyl (C=O) groups excluding carboxylic acids is 1. The van der Waals surface area contributed by atoms with Crippen LogP contribution in [-0.2, 0) is 11.2 Å². The number of H-pyrrole nitrogens is 1. The molecule has 0 unspecified atom stereocenters. The van der Waals surface area contributed by atoms with Crippen molar-refractivity contribution in [3.05, 3.63) is 11.6 Å². The molecule has 1 amide bonds. The van der Waals surface area contributed by atoms with Crippen LogP contribution in [0.4, 0.5) is 0 Å². The summed E-state index contributed by atoms with van der Waals surface area (Å²) in [4.78, 5) is 27.5. The van der Waals surface area contributed by atoms with Crippen LogP contribution in [0.3, 0.4) is 0 Å². The van der Waals surface area contributed by atoms with E-state index in [9.17, 15) is 14.7 Å². The first-order valence-corrected chi connectivity index (χ1v) is 7.00. The van der Waals surface area contributed by atoms with Crippen molar-refractivity contribution in [2.45, 2.75) is 45.4 Å². The summed E-state index contributed by atoms with van der Waals surface area (Å²) in [5, 5.41) is 18.6. The molecule has 0 aliphatic heterocycles. The Kier molecular flexibility index (Phi) is 4.36. The molecule has 3 N–H and O–H groups in total. The smallest absolute Gasteiger partial charge is 0.311 e. The fourth-order valence-electron chi connectivity index (χ4n) is 2.58. The van der Waals surface area contributed by atoms with Gasteiger partial charge in [0.15, 0.2) is 0 Å². The number of carboxylic acid groups (broad SMARTS) is 1. The van der Waals surface area contributed by atoms with E-state index in [4.69, 9.17) is 0 Å². The molecule has 1 heterocycles. The first kappa shape index (κ1) is 14.5. The van der Waals surface area contributed by atoms with Gasteiger partial charge in [-0.3, -0.25) is 14.7 Å². The molecule has 2 rings (SSSR count). The maximum atomic E-state index is 11.9. The fraction of sp³-hybridized carbons (Fsp3) is 0.692. The summed E-state index contributed by atoms with van der Waals surface area (Å²) >= 11 is 0. The van der Waals surface area contributed by atoms with Gasteiger partial charge in [-0.15, -0.1) is 5.10 Å². The molecule has 20 heavy (non-hydrogen) atoms. The molecule has 1 aromatic rings. The maximum absolute atomic E-state index is 11.9. The van der Waals surface area contributed by atoms with Gasteiger partial charge in [-0.25, -0.2) is 4.98 Å². The second kappa shape index (κ2) is 6.02. The van der Waals surface area contributed by atoms with Crippen LogP contribution >= 0.6 is 0 Å². The lowest BCUT2D eigenvalue weighted by Crippen LogP contribution is -2.44. The number of rotatable bonds is 5. The second-order valence-electron chi connectivity index (χ2n) is 5.29. The van der Waals surface area contributed by atoms with E-state index in [2.05, 4.69) is 20.5 Å². The number of nitrogens with one attached hydrogen (secondary N) is 2. The molecular weight excluding hydrogens is 260 g/mol. The highest BCUT2D eigenvalue weighted by Crippen LogP contribution is 2.36. The number of aliphatic carboxylic acids is 1. The Bertz CT molecular complexity index is 492. The van der Waals surface area contributed by atoms with Gasteiger partial charge >= 0.3 is 5.97 Å². The van der Waals surface area contributed by atoms with Gasteiger partial charge in [0.1, 0.15) is 5.82 Å². The largest absolute Gasteiger partial charge is 0.481 e. The number of aromatic amines is 1. The summed E-state index contributed by atoms with van der Waals surface area (Å²) in [7, 11) is 0. The van der Waals surface area contributed by atoms with Crippen LogP contribution < -0.4 is 5.32 Å². The zero-order valence-corrected chi connectivity index (χ0v) is 11.6. The van der Waals surface area contributed by atoms with Crippen molar-refractivity contribution in [2.24, 2.45) is 5.41 Å². The van der Waals surface area contributed by atoms with E-state index in [0.717, 1.165) is 19.3 Å². The third kappa shape index (κ3) is 2.97. The Morgan fingerprint density at radius 2 is 2.05 bits per heavy atom. The van der Waals surface area contributed by atoms with Crippen LogP contribution in [0.1, 0.15) is 55.5 Å². The molecule has 1 fully saturated rings. The van der Waals surface area contributed by atoms with Crippen LogP contribution in [0.5, 0.6) is 0 Å². The van der Waals surface area contributed by atoms with Crippen LogP contribution in [-0.4, -0.2) is 38.7 Å². The van der Waals surface area contributed by atoms with E-state index in [1.54, 1.807) is 0 Å². The Balaban J connectivity index is 1.98. The minimum absolute atomic E-state index is 0.0678. The normalized spacial score (nSPS) is 17.6. The number of aryl methyl sites for hydroxylation is 1. The van der Waals surface area contributed by atoms with Gasteiger partial charge in [-0.1, -0.05) is 26.2 Å². The summed E-state index contributed by atoms with van der Waals surface area (Å²) < 4.78 is 0. The Morgan fingerprint density at radius 3 is 2.60 bits per heavy atom. The molecule has 0 saturated heterocycles. The molecule has 1 aromatic heterocycles. The lowest BCUT2D eigenvalue weighted by Gasteiger charge is -2.32. The van der Waals surface area contributed by atoms with Gasteiger partial charge in [0.05, 0.1) is 5.41 Å². The molecule has 1 aliphatic rings. The number of carbonyl (C=O) groups is 2. The van der Waals surface area contributed by atoms with Crippen molar-refractivity contribution < 1.29 is 14.7 Å². The van der Waals surface area contributed by atoms with Gasteiger partial charge in [0, 0.05) is 13.0 Å². The summed E-state index contributed by atoms with van der Waals surface area (Å²) in [6.07, 6.45) is 4.72. The summed E-state index contributed by atoms with van der Waals surface area (Å²) in [5.74, 6) is -0.548. The van der Waals surface area contributed by atoms with E-state index in [0.29, 0.717) is 25.1 Å².